The van der Waals surface area contributed by atoms with E-state index in [2.05, 4.69) is 198 Å². The highest BCUT2D eigenvalue weighted by Gasteiger charge is 2.17. The quantitative estimate of drug-likeness (QED) is 0.141. The lowest BCUT2D eigenvalue weighted by atomic mass is 9.94. The number of benzene rings is 8. The Bertz CT molecular complexity index is 4420. The standard InChI is InChI=1S/C66H41N7/c1-2-10-51(11-3-1)73-63-17-5-4-16-59(63)72-66(73)48-24-22-44(23-25-48)53-13-7-15-57-55(53)30-27-47-28-31-58(71-65(47)57)62-39-49(34-38-68-62)61-41-50(40-60(70-61)45-32-36-67-37-33-45)42-18-20-43(21-19-42)52-12-6-14-56-54(52)29-26-46-9-8-35-69-64(46)56/h1-41H. The van der Waals surface area contributed by atoms with Crippen molar-refractivity contribution < 1.29 is 0 Å². The van der Waals surface area contributed by atoms with Gasteiger partial charge in [-0.2, -0.15) is 0 Å². The predicted molar refractivity (Wildman–Crippen MR) is 298 cm³/mol. The molecule has 0 saturated carbocycles. The Labute approximate surface area is 420 Å². The summed E-state index contributed by atoms with van der Waals surface area (Å²) in [5.74, 6) is 0.908. The Morgan fingerprint density at radius 1 is 0.301 bits per heavy atom. The van der Waals surface area contributed by atoms with Gasteiger partial charge in [-0.15, -0.1) is 0 Å². The van der Waals surface area contributed by atoms with Crippen LogP contribution in [-0.2, 0) is 0 Å². The average molecular weight is 932 g/mol. The predicted octanol–water partition coefficient (Wildman–Crippen LogP) is 16.3. The number of hydrogen-bond donors (Lipinski definition) is 0. The van der Waals surface area contributed by atoms with Crippen LogP contribution in [0.15, 0.2) is 249 Å². The molecule has 7 heteroatoms. The van der Waals surface area contributed by atoms with E-state index in [0.29, 0.717) is 0 Å². The normalized spacial score (nSPS) is 11.6. The van der Waals surface area contributed by atoms with Crippen LogP contribution < -0.4 is 0 Å². The summed E-state index contributed by atoms with van der Waals surface area (Å²) >= 11 is 0. The van der Waals surface area contributed by atoms with Crippen molar-refractivity contribution >= 4 is 54.4 Å². The zero-order valence-electron chi connectivity index (χ0n) is 39.3. The molecule has 0 aliphatic carbocycles. The van der Waals surface area contributed by atoms with Crippen molar-refractivity contribution in [3.05, 3.63) is 249 Å². The van der Waals surface area contributed by atoms with Gasteiger partial charge in [0.2, 0.25) is 0 Å². The second-order valence-electron chi connectivity index (χ2n) is 18.3. The van der Waals surface area contributed by atoms with Crippen molar-refractivity contribution in [3.8, 4) is 84.4 Å². The smallest absolute Gasteiger partial charge is 0.145 e. The first-order chi connectivity index (χ1) is 36.2. The van der Waals surface area contributed by atoms with Gasteiger partial charge in [-0.3, -0.25) is 19.5 Å². The van der Waals surface area contributed by atoms with Gasteiger partial charge in [-0.1, -0.05) is 152 Å². The molecule has 0 radical (unpaired) electrons. The lowest BCUT2D eigenvalue weighted by Gasteiger charge is -2.13. The molecule has 14 rings (SSSR count). The van der Waals surface area contributed by atoms with Crippen molar-refractivity contribution in [3.63, 3.8) is 0 Å². The summed E-state index contributed by atoms with van der Waals surface area (Å²) in [5.41, 5.74) is 18.0. The fourth-order valence-electron chi connectivity index (χ4n) is 10.4. The monoisotopic (exact) mass is 931 g/mol. The van der Waals surface area contributed by atoms with Crippen LogP contribution >= 0.6 is 0 Å². The molecule has 0 aliphatic rings. The van der Waals surface area contributed by atoms with Crippen LogP contribution in [0.4, 0.5) is 0 Å². The summed E-state index contributed by atoms with van der Waals surface area (Å²) in [7, 11) is 0. The topological polar surface area (TPSA) is 82.3 Å². The molecule has 340 valence electrons. The first kappa shape index (κ1) is 41.9. The SMILES string of the molecule is c1ccc(-n2c(-c3ccc(-c4cccc5c4ccc4ccc(-c6cc(-c7cc(-c8ccc(-c9cccc%10c9ccc9cccnc9%10)cc8)cc(-c8ccncc8)n7)ccn6)nc45)cc3)nc3ccccc32)cc1. The number of imidazole rings is 1. The molecule has 0 amide bonds. The maximum atomic E-state index is 5.35. The van der Waals surface area contributed by atoms with Gasteiger partial charge in [0.15, 0.2) is 0 Å². The Hall–Kier alpha value is -9.98. The van der Waals surface area contributed by atoms with Crippen LogP contribution in [0.25, 0.3) is 139 Å². The Morgan fingerprint density at radius 3 is 1.67 bits per heavy atom. The number of hydrogen-bond acceptors (Lipinski definition) is 6. The van der Waals surface area contributed by atoms with Crippen molar-refractivity contribution in [2.24, 2.45) is 0 Å². The van der Waals surface area contributed by atoms with E-state index in [0.717, 1.165) is 128 Å². The molecule has 7 nitrogen and oxygen atoms in total. The van der Waals surface area contributed by atoms with Crippen molar-refractivity contribution in [2.45, 2.75) is 0 Å². The van der Waals surface area contributed by atoms with E-state index in [9.17, 15) is 0 Å². The maximum Gasteiger partial charge on any atom is 0.145 e. The van der Waals surface area contributed by atoms with Gasteiger partial charge in [0, 0.05) is 68.7 Å². The van der Waals surface area contributed by atoms with Crippen molar-refractivity contribution in [1.29, 1.82) is 0 Å². The zero-order valence-corrected chi connectivity index (χ0v) is 39.3. The molecular formula is C66H41N7. The van der Waals surface area contributed by atoms with E-state index in [-0.39, 0.29) is 0 Å². The number of fused-ring (bicyclic) bond motifs is 7. The number of rotatable bonds is 8. The Morgan fingerprint density at radius 2 is 0.918 bits per heavy atom. The molecule has 6 aromatic heterocycles. The summed E-state index contributed by atoms with van der Waals surface area (Å²) in [4.78, 5) is 29.6. The van der Waals surface area contributed by atoms with Crippen LogP contribution in [-0.4, -0.2) is 34.5 Å². The van der Waals surface area contributed by atoms with E-state index >= 15 is 0 Å². The highest BCUT2D eigenvalue weighted by Crippen LogP contribution is 2.38. The van der Waals surface area contributed by atoms with Gasteiger partial charge in [-0.25, -0.2) is 15.0 Å². The molecule has 6 heterocycles. The average Bonchev–Trinajstić information content (AvgIpc) is 3.87. The van der Waals surface area contributed by atoms with E-state index in [1.807, 2.05) is 61.2 Å². The second kappa shape index (κ2) is 17.5. The summed E-state index contributed by atoms with van der Waals surface area (Å²) in [6.07, 6.45) is 7.34. The van der Waals surface area contributed by atoms with Gasteiger partial charge < -0.3 is 0 Å². The summed E-state index contributed by atoms with van der Waals surface area (Å²) in [6.45, 7) is 0. The number of nitrogens with zero attached hydrogens (tertiary/aromatic N) is 7. The lowest BCUT2D eigenvalue weighted by Crippen LogP contribution is -1.97. The minimum absolute atomic E-state index is 0.768. The first-order valence-electron chi connectivity index (χ1n) is 24.4. The highest BCUT2D eigenvalue weighted by atomic mass is 15.1. The molecule has 0 spiro atoms. The molecule has 14 aromatic rings. The molecule has 0 atom stereocenters. The van der Waals surface area contributed by atoms with Gasteiger partial charge in [-0.05, 0) is 117 Å². The van der Waals surface area contributed by atoms with Crippen molar-refractivity contribution in [2.75, 3.05) is 0 Å². The highest BCUT2D eigenvalue weighted by molar-refractivity contribution is 6.12. The van der Waals surface area contributed by atoms with Crippen LogP contribution in [0.5, 0.6) is 0 Å². The second-order valence-corrected chi connectivity index (χ2v) is 18.3. The van der Waals surface area contributed by atoms with Gasteiger partial charge in [0.1, 0.15) is 5.82 Å². The van der Waals surface area contributed by atoms with Crippen LogP contribution in [0.3, 0.4) is 0 Å². The maximum absolute atomic E-state index is 5.35. The third kappa shape index (κ3) is 7.46. The van der Waals surface area contributed by atoms with E-state index in [1.165, 1.54) is 10.9 Å². The summed E-state index contributed by atoms with van der Waals surface area (Å²) < 4.78 is 2.24. The number of pyridine rings is 5. The summed E-state index contributed by atoms with van der Waals surface area (Å²) in [5, 5.41) is 6.74. The molecule has 0 bridgehead atoms. The molecule has 0 unspecified atom stereocenters. The third-order valence-corrected chi connectivity index (χ3v) is 14.0. The number of para-hydroxylation sites is 3. The Balaban J connectivity index is 0.807. The molecule has 73 heavy (non-hydrogen) atoms. The van der Waals surface area contributed by atoms with Gasteiger partial charge >= 0.3 is 0 Å². The molecule has 0 fully saturated rings. The molecule has 0 N–H and O–H groups in total. The molecule has 8 aromatic carbocycles. The number of aromatic nitrogens is 7. The first-order valence-corrected chi connectivity index (χ1v) is 24.4. The van der Waals surface area contributed by atoms with Crippen LogP contribution in [0.1, 0.15) is 0 Å². The fourth-order valence-corrected chi connectivity index (χ4v) is 10.4. The summed E-state index contributed by atoms with van der Waals surface area (Å²) in [6, 6.07) is 78.8. The molecular weight excluding hydrogens is 891 g/mol. The van der Waals surface area contributed by atoms with Gasteiger partial charge in [0.25, 0.3) is 0 Å². The zero-order chi connectivity index (χ0) is 48.2. The third-order valence-electron chi connectivity index (χ3n) is 14.0. The van der Waals surface area contributed by atoms with E-state index in [4.69, 9.17) is 24.9 Å². The minimum Gasteiger partial charge on any atom is -0.292 e. The lowest BCUT2D eigenvalue weighted by molar-refractivity contribution is 1.10. The van der Waals surface area contributed by atoms with Gasteiger partial charge in [0.05, 0.1) is 44.8 Å². The van der Waals surface area contributed by atoms with E-state index < -0.39 is 0 Å². The van der Waals surface area contributed by atoms with E-state index in [1.54, 1.807) is 0 Å². The minimum atomic E-state index is 0.768. The largest absolute Gasteiger partial charge is 0.292 e. The fraction of sp³-hybridized carbons (Fsp3) is 0. The van der Waals surface area contributed by atoms with Crippen LogP contribution in [0, 0.1) is 0 Å². The molecule has 0 aliphatic heterocycles. The van der Waals surface area contributed by atoms with Crippen LogP contribution in [0.2, 0.25) is 0 Å². The molecule has 0 saturated heterocycles. The Kier molecular flexibility index (Phi) is 10.0. The van der Waals surface area contributed by atoms with Crippen molar-refractivity contribution in [1.82, 2.24) is 34.5 Å².